The maximum atomic E-state index is 11.8. The zero-order valence-electron chi connectivity index (χ0n) is 9.32. The number of carbonyl (C=O) groups excluding carboxylic acids is 1. The predicted octanol–water partition coefficient (Wildman–Crippen LogP) is 1.04. The van der Waals surface area contributed by atoms with Gasteiger partial charge < -0.3 is 15.8 Å². The summed E-state index contributed by atoms with van der Waals surface area (Å²) in [5.41, 5.74) is 6.85. The summed E-state index contributed by atoms with van der Waals surface area (Å²) in [7, 11) is 0. The van der Waals surface area contributed by atoms with Crippen LogP contribution in [0.25, 0.3) is 0 Å². The zero-order chi connectivity index (χ0) is 11.6. The Bertz CT molecular complexity index is 400. The van der Waals surface area contributed by atoms with Crippen molar-refractivity contribution in [3.63, 3.8) is 0 Å². The van der Waals surface area contributed by atoms with Gasteiger partial charge in [-0.25, -0.2) is 0 Å². The highest BCUT2D eigenvalue weighted by atomic mass is 16.5. The van der Waals surface area contributed by atoms with Crippen LogP contribution in [0.2, 0.25) is 0 Å². The zero-order valence-corrected chi connectivity index (χ0v) is 9.32. The second-order valence-electron chi connectivity index (χ2n) is 4.57. The van der Waals surface area contributed by atoms with Crippen molar-refractivity contribution in [3.8, 4) is 0 Å². The Balaban J connectivity index is 1.96. The smallest absolute Gasteiger partial charge is 0.253 e. The molecule has 1 aliphatic rings. The molecule has 0 spiro atoms. The van der Waals surface area contributed by atoms with E-state index >= 15 is 0 Å². The number of hydrogen-bond donors (Lipinski definition) is 2. The van der Waals surface area contributed by atoms with Gasteiger partial charge in [0.25, 0.3) is 5.91 Å². The fourth-order valence-electron chi connectivity index (χ4n) is 1.65. The van der Waals surface area contributed by atoms with Gasteiger partial charge in [-0.3, -0.25) is 4.79 Å². The summed E-state index contributed by atoms with van der Waals surface area (Å²) in [5.74, 6) is -0.119. The molecule has 1 aromatic rings. The predicted molar refractivity (Wildman–Crippen MR) is 62.1 cm³/mol. The first-order valence-corrected chi connectivity index (χ1v) is 5.31. The SMILES string of the molecule is CC1(CNC(=O)c2ccccc2N)COC1. The van der Waals surface area contributed by atoms with Crippen molar-refractivity contribution in [2.75, 3.05) is 25.5 Å². The number of rotatable bonds is 3. The normalized spacial score (nSPS) is 17.6. The number of benzene rings is 1. The number of amides is 1. The van der Waals surface area contributed by atoms with Gasteiger partial charge in [-0.2, -0.15) is 0 Å². The number of anilines is 1. The van der Waals surface area contributed by atoms with Crippen LogP contribution in [-0.4, -0.2) is 25.7 Å². The first-order valence-electron chi connectivity index (χ1n) is 5.31. The van der Waals surface area contributed by atoms with E-state index in [2.05, 4.69) is 12.2 Å². The lowest BCUT2D eigenvalue weighted by atomic mass is 9.88. The van der Waals surface area contributed by atoms with Gasteiger partial charge in [0.2, 0.25) is 0 Å². The van der Waals surface area contributed by atoms with Crippen LogP contribution >= 0.6 is 0 Å². The molecule has 1 amide bonds. The molecular formula is C12H16N2O2. The van der Waals surface area contributed by atoms with E-state index in [9.17, 15) is 4.79 Å². The summed E-state index contributed by atoms with van der Waals surface area (Å²) in [6.45, 7) is 4.13. The third-order valence-electron chi connectivity index (χ3n) is 2.78. The maximum absolute atomic E-state index is 11.8. The summed E-state index contributed by atoms with van der Waals surface area (Å²) < 4.78 is 5.12. The van der Waals surface area contributed by atoms with Gasteiger partial charge >= 0.3 is 0 Å². The first-order chi connectivity index (χ1) is 7.61. The van der Waals surface area contributed by atoms with Crippen molar-refractivity contribution in [1.29, 1.82) is 0 Å². The summed E-state index contributed by atoms with van der Waals surface area (Å²) >= 11 is 0. The van der Waals surface area contributed by atoms with E-state index in [1.54, 1.807) is 18.2 Å². The van der Waals surface area contributed by atoms with Crippen LogP contribution in [0.5, 0.6) is 0 Å². The molecule has 0 radical (unpaired) electrons. The minimum absolute atomic E-state index is 0.0825. The number of hydrogen-bond acceptors (Lipinski definition) is 3. The van der Waals surface area contributed by atoms with Crippen molar-refractivity contribution < 1.29 is 9.53 Å². The van der Waals surface area contributed by atoms with Crippen molar-refractivity contribution in [3.05, 3.63) is 29.8 Å². The molecule has 0 saturated carbocycles. The van der Waals surface area contributed by atoms with Crippen LogP contribution in [-0.2, 0) is 4.74 Å². The van der Waals surface area contributed by atoms with Crippen molar-refractivity contribution in [1.82, 2.24) is 5.32 Å². The topological polar surface area (TPSA) is 64.4 Å². The minimum atomic E-state index is -0.119. The molecule has 3 N–H and O–H groups in total. The van der Waals surface area contributed by atoms with E-state index in [-0.39, 0.29) is 11.3 Å². The number of carbonyl (C=O) groups is 1. The number of ether oxygens (including phenoxy) is 1. The van der Waals surface area contributed by atoms with Gasteiger partial charge in [-0.1, -0.05) is 19.1 Å². The Morgan fingerprint density at radius 2 is 2.19 bits per heavy atom. The van der Waals surface area contributed by atoms with Crippen LogP contribution in [0, 0.1) is 5.41 Å². The van der Waals surface area contributed by atoms with Crippen molar-refractivity contribution >= 4 is 11.6 Å². The van der Waals surface area contributed by atoms with Crippen molar-refractivity contribution in [2.45, 2.75) is 6.92 Å². The number of nitrogens with one attached hydrogen (secondary N) is 1. The minimum Gasteiger partial charge on any atom is -0.398 e. The van der Waals surface area contributed by atoms with Crippen molar-refractivity contribution in [2.24, 2.45) is 5.41 Å². The van der Waals surface area contributed by atoms with E-state index in [4.69, 9.17) is 10.5 Å². The van der Waals surface area contributed by atoms with Crippen LogP contribution in [0.4, 0.5) is 5.69 Å². The summed E-state index contributed by atoms with van der Waals surface area (Å²) in [6.07, 6.45) is 0. The van der Waals surface area contributed by atoms with Crippen LogP contribution < -0.4 is 11.1 Å². The fourth-order valence-corrected chi connectivity index (χ4v) is 1.65. The Morgan fingerprint density at radius 3 is 2.75 bits per heavy atom. The Labute approximate surface area is 94.8 Å². The lowest BCUT2D eigenvalue weighted by Gasteiger charge is -2.38. The molecule has 2 rings (SSSR count). The highest BCUT2D eigenvalue weighted by molar-refractivity contribution is 5.99. The molecule has 16 heavy (non-hydrogen) atoms. The van der Waals surface area contributed by atoms with Crippen LogP contribution in [0.3, 0.4) is 0 Å². The Hall–Kier alpha value is -1.55. The summed E-state index contributed by atoms with van der Waals surface area (Å²) in [5, 5.41) is 2.88. The van der Waals surface area contributed by atoms with E-state index < -0.39 is 0 Å². The molecule has 0 aliphatic carbocycles. The Morgan fingerprint density at radius 1 is 1.50 bits per heavy atom. The lowest BCUT2D eigenvalue weighted by molar-refractivity contribution is -0.0978. The molecule has 1 heterocycles. The second kappa shape index (κ2) is 4.14. The molecule has 0 unspecified atom stereocenters. The van der Waals surface area contributed by atoms with E-state index in [0.717, 1.165) is 0 Å². The largest absolute Gasteiger partial charge is 0.398 e. The fraction of sp³-hybridized carbons (Fsp3) is 0.417. The molecule has 0 aromatic heterocycles. The molecule has 4 heteroatoms. The number of nitrogens with two attached hydrogens (primary N) is 1. The molecule has 4 nitrogen and oxygen atoms in total. The molecular weight excluding hydrogens is 204 g/mol. The van der Waals surface area contributed by atoms with Crippen LogP contribution in [0.15, 0.2) is 24.3 Å². The van der Waals surface area contributed by atoms with E-state index in [1.807, 2.05) is 6.07 Å². The molecule has 86 valence electrons. The number of para-hydroxylation sites is 1. The van der Waals surface area contributed by atoms with Gasteiger partial charge in [0.15, 0.2) is 0 Å². The van der Waals surface area contributed by atoms with Gasteiger partial charge in [0, 0.05) is 17.6 Å². The highest BCUT2D eigenvalue weighted by Crippen LogP contribution is 2.25. The number of nitrogen functional groups attached to an aromatic ring is 1. The van der Waals surface area contributed by atoms with Gasteiger partial charge in [-0.05, 0) is 12.1 Å². The molecule has 1 aromatic carbocycles. The van der Waals surface area contributed by atoms with Gasteiger partial charge in [-0.15, -0.1) is 0 Å². The van der Waals surface area contributed by atoms with Gasteiger partial charge in [0.1, 0.15) is 0 Å². The Kier molecular flexibility index (Phi) is 2.83. The standard InChI is InChI=1S/C12H16N2O2/c1-12(7-16-8-12)6-14-11(15)9-4-2-3-5-10(9)13/h2-5H,6-8,13H2,1H3,(H,14,15). The molecule has 1 saturated heterocycles. The average Bonchev–Trinajstić information content (AvgIpc) is 2.24. The van der Waals surface area contributed by atoms with Crippen LogP contribution in [0.1, 0.15) is 17.3 Å². The lowest BCUT2D eigenvalue weighted by Crippen LogP contribution is -2.48. The second-order valence-corrected chi connectivity index (χ2v) is 4.57. The molecule has 1 fully saturated rings. The molecule has 0 bridgehead atoms. The van der Waals surface area contributed by atoms with E-state index in [0.29, 0.717) is 31.0 Å². The summed E-state index contributed by atoms with van der Waals surface area (Å²) in [6, 6.07) is 7.07. The monoisotopic (exact) mass is 220 g/mol. The van der Waals surface area contributed by atoms with E-state index in [1.165, 1.54) is 0 Å². The average molecular weight is 220 g/mol. The third-order valence-corrected chi connectivity index (χ3v) is 2.78. The quantitative estimate of drug-likeness (QED) is 0.748. The van der Waals surface area contributed by atoms with Gasteiger partial charge in [0.05, 0.1) is 18.8 Å². The third kappa shape index (κ3) is 2.17. The summed E-state index contributed by atoms with van der Waals surface area (Å²) in [4.78, 5) is 11.8. The highest BCUT2D eigenvalue weighted by Gasteiger charge is 2.33. The maximum Gasteiger partial charge on any atom is 0.253 e. The molecule has 0 atom stereocenters. The first kappa shape index (κ1) is 11.0. The molecule has 1 aliphatic heterocycles.